The maximum absolute atomic E-state index is 12.3. The summed E-state index contributed by atoms with van der Waals surface area (Å²) in [5.41, 5.74) is 1.72. The van der Waals surface area contributed by atoms with E-state index in [9.17, 15) is 9.59 Å². The van der Waals surface area contributed by atoms with Gasteiger partial charge in [-0.15, -0.1) is 11.3 Å². The van der Waals surface area contributed by atoms with Crippen molar-refractivity contribution in [1.82, 2.24) is 14.8 Å². The minimum atomic E-state index is -0.337. The Morgan fingerprint density at radius 3 is 2.82 bits per heavy atom. The lowest BCUT2D eigenvalue weighted by molar-refractivity contribution is -0.142. The van der Waals surface area contributed by atoms with Crippen molar-refractivity contribution in [3.63, 3.8) is 0 Å². The fraction of sp³-hybridized carbons (Fsp3) is 0.385. The van der Waals surface area contributed by atoms with E-state index in [0.717, 1.165) is 5.69 Å². The van der Waals surface area contributed by atoms with Crippen LogP contribution in [-0.4, -0.2) is 33.2 Å². The number of anilines is 1. The van der Waals surface area contributed by atoms with Crippen LogP contribution in [0.25, 0.3) is 0 Å². The summed E-state index contributed by atoms with van der Waals surface area (Å²) in [6, 6.07) is 0. The summed E-state index contributed by atoms with van der Waals surface area (Å²) >= 11 is 4.60. The molecule has 0 unspecified atom stereocenters. The molecule has 0 aromatic carbocycles. The molecule has 2 rings (SSSR count). The number of aryl methyl sites for hydroxylation is 2. The third kappa shape index (κ3) is 3.72. The molecule has 0 bridgehead atoms. The number of carbonyl (C=O) groups excluding carboxylic acids is 2. The second-order valence-electron chi connectivity index (χ2n) is 4.45. The van der Waals surface area contributed by atoms with E-state index in [1.807, 2.05) is 6.92 Å². The molecule has 0 radical (unpaired) electrons. The van der Waals surface area contributed by atoms with Gasteiger partial charge in [-0.25, -0.2) is 4.98 Å². The van der Waals surface area contributed by atoms with E-state index in [1.54, 1.807) is 19.4 Å². The van der Waals surface area contributed by atoms with Crippen molar-refractivity contribution in [1.29, 1.82) is 0 Å². The van der Waals surface area contributed by atoms with E-state index in [0.29, 0.717) is 27.6 Å². The van der Waals surface area contributed by atoms with Gasteiger partial charge in [-0.1, -0.05) is 0 Å². The van der Waals surface area contributed by atoms with Crippen molar-refractivity contribution in [2.24, 2.45) is 7.05 Å². The predicted octanol–water partition coefficient (Wildman–Crippen LogP) is 2.31. The van der Waals surface area contributed by atoms with Crippen molar-refractivity contribution in [2.45, 2.75) is 20.3 Å². The van der Waals surface area contributed by atoms with E-state index in [4.69, 9.17) is 4.74 Å². The number of carbonyl (C=O) groups is 2. The van der Waals surface area contributed by atoms with Crippen molar-refractivity contribution in [3.05, 3.63) is 26.9 Å². The summed E-state index contributed by atoms with van der Waals surface area (Å²) in [6.45, 7) is 3.89. The highest BCUT2D eigenvalue weighted by molar-refractivity contribution is 9.10. The van der Waals surface area contributed by atoms with Gasteiger partial charge in [0.25, 0.3) is 5.91 Å². The molecule has 2 aromatic heterocycles. The molecule has 118 valence electrons. The Kier molecular flexibility index (Phi) is 5.30. The molecule has 2 heterocycles. The van der Waals surface area contributed by atoms with E-state index in [1.165, 1.54) is 16.0 Å². The number of hydrogen-bond acceptors (Lipinski definition) is 6. The van der Waals surface area contributed by atoms with Crippen LogP contribution < -0.4 is 5.32 Å². The summed E-state index contributed by atoms with van der Waals surface area (Å²) in [4.78, 5) is 27.9. The highest BCUT2D eigenvalue weighted by Gasteiger charge is 2.19. The fourth-order valence-corrected chi connectivity index (χ4v) is 3.06. The number of ether oxygens (including phenoxy) is 1. The summed E-state index contributed by atoms with van der Waals surface area (Å²) in [5, 5.41) is 9.02. The first-order valence-electron chi connectivity index (χ1n) is 6.52. The van der Waals surface area contributed by atoms with Crippen molar-refractivity contribution in [3.8, 4) is 0 Å². The number of halogens is 1. The number of esters is 1. The maximum atomic E-state index is 12.3. The van der Waals surface area contributed by atoms with Gasteiger partial charge in [0.2, 0.25) is 0 Å². The van der Waals surface area contributed by atoms with Crippen LogP contribution in [0.4, 0.5) is 5.13 Å². The molecule has 1 amide bonds. The first-order valence-corrected chi connectivity index (χ1v) is 8.20. The summed E-state index contributed by atoms with van der Waals surface area (Å²) in [5.74, 6) is -0.650. The lowest BCUT2D eigenvalue weighted by atomic mass is 10.3. The van der Waals surface area contributed by atoms with Crippen LogP contribution in [0.3, 0.4) is 0 Å². The third-order valence-electron chi connectivity index (χ3n) is 2.77. The largest absolute Gasteiger partial charge is 0.466 e. The first kappa shape index (κ1) is 16.6. The van der Waals surface area contributed by atoms with Gasteiger partial charge in [0.1, 0.15) is 5.69 Å². The second-order valence-corrected chi connectivity index (χ2v) is 6.10. The molecule has 22 heavy (non-hydrogen) atoms. The highest BCUT2D eigenvalue weighted by Crippen LogP contribution is 2.22. The molecule has 7 nitrogen and oxygen atoms in total. The number of hydrogen-bond donors (Lipinski definition) is 1. The fourth-order valence-electron chi connectivity index (χ4n) is 1.84. The van der Waals surface area contributed by atoms with E-state index >= 15 is 0 Å². The Labute approximate surface area is 139 Å². The Morgan fingerprint density at radius 2 is 2.23 bits per heavy atom. The Hall–Kier alpha value is -1.74. The molecule has 0 atom stereocenters. The minimum absolute atomic E-state index is 0.0920. The third-order valence-corrected chi connectivity index (χ3v) is 4.52. The van der Waals surface area contributed by atoms with Gasteiger partial charge in [0, 0.05) is 12.4 Å². The maximum Gasteiger partial charge on any atom is 0.311 e. The average Bonchev–Trinajstić information content (AvgIpc) is 2.95. The molecule has 0 aliphatic carbocycles. The summed E-state index contributed by atoms with van der Waals surface area (Å²) in [6.07, 6.45) is 0.0920. The average molecular weight is 387 g/mol. The van der Waals surface area contributed by atoms with Gasteiger partial charge < -0.3 is 4.74 Å². The van der Waals surface area contributed by atoms with Crippen LogP contribution in [0.2, 0.25) is 0 Å². The van der Waals surface area contributed by atoms with Gasteiger partial charge in [-0.3, -0.25) is 19.6 Å². The van der Waals surface area contributed by atoms with Crippen LogP contribution >= 0.6 is 27.3 Å². The lowest BCUT2D eigenvalue weighted by Gasteiger charge is -2.02. The van der Waals surface area contributed by atoms with Crippen LogP contribution in [0.15, 0.2) is 9.85 Å². The molecule has 0 aliphatic rings. The van der Waals surface area contributed by atoms with Crippen LogP contribution in [0.5, 0.6) is 0 Å². The number of nitrogens with zero attached hydrogens (tertiary/aromatic N) is 3. The zero-order valence-corrected chi connectivity index (χ0v) is 14.7. The Morgan fingerprint density at radius 1 is 1.50 bits per heavy atom. The summed E-state index contributed by atoms with van der Waals surface area (Å²) in [7, 11) is 1.70. The van der Waals surface area contributed by atoms with Crippen LogP contribution in [-0.2, 0) is 23.0 Å². The smallest absolute Gasteiger partial charge is 0.311 e. The summed E-state index contributed by atoms with van der Waals surface area (Å²) < 4.78 is 7.01. The minimum Gasteiger partial charge on any atom is -0.466 e. The molecule has 0 fully saturated rings. The van der Waals surface area contributed by atoms with Crippen molar-refractivity contribution < 1.29 is 14.3 Å². The van der Waals surface area contributed by atoms with Gasteiger partial charge in [-0.2, -0.15) is 5.10 Å². The molecule has 0 spiro atoms. The Balaban J connectivity index is 2.06. The number of nitrogens with one attached hydrogen (secondary N) is 1. The van der Waals surface area contributed by atoms with Crippen molar-refractivity contribution >= 4 is 44.3 Å². The SMILES string of the molecule is CCOC(=O)Cc1csc(NC(=O)c2c(Br)c(C)nn2C)n1. The van der Waals surface area contributed by atoms with Gasteiger partial charge in [0.15, 0.2) is 5.13 Å². The van der Waals surface area contributed by atoms with Crippen LogP contribution in [0, 0.1) is 6.92 Å². The number of amides is 1. The molecule has 0 aliphatic heterocycles. The predicted molar refractivity (Wildman–Crippen MR) is 86.0 cm³/mol. The van der Waals surface area contributed by atoms with E-state index in [-0.39, 0.29) is 18.3 Å². The monoisotopic (exact) mass is 386 g/mol. The molecule has 0 saturated carbocycles. The highest BCUT2D eigenvalue weighted by atomic mass is 79.9. The number of aromatic nitrogens is 3. The number of rotatable bonds is 5. The molecule has 0 saturated heterocycles. The zero-order chi connectivity index (χ0) is 16.3. The molecule has 1 N–H and O–H groups in total. The lowest BCUT2D eigenvalue weighted by Crippen LogP contribution is -2.16. The van der Waals surface area contributed by atoms with Crippen molar-refractivity contribution in [2.75, 3.05) is 11.9 Å². The molecular formula is C13H15BrN4O3S. The second kappa shape index (κ2) is 7.01. The molecule has 2 aromatic rings. The zero-order valence-electron chi connectivity index (χ0n) is 12.3. The standard InChI is InChI=1S/C13H15BrN4O3S/c1-4-21-9(19)5-8-6-22-13(15-8)16-12(20)11-10(14)7(2)17-18(11)3/h6H,4-5H2,1-3H3,(H,15,16,20). The van der Waals surface area contributed by atoms with Gasteiger partial charge in [-0.05, 0) is 29.8 Å². The van der Waals surface area contributed by atoms with Gasteiger partial charge >= 0.3 is 5.97 Å². The quantitative estimate of drug-likeness (QED) is 0.796. The normalized spacial score (nSPS) is 10.5. The van der Waals surface area contributed by atoms with E-state index in [2.05, 4.69) is 31.3 Å². The number of thiazole rings is 1. The van der Waals surface area contributed by atoms with Gasteiger partial charge in [0.05, 0.1) is 28.9 Å². The van der Waals surface area contributed by atoms with E-state index < -0.39 is 0 Å². The first-order chi connectivity index (χ1) is 10.4. The molecular weight excluding hydrogens is 372 g/mol. The topological polar surface area (TPSA) is 86.1 Å². The molecule has 9 heteroatoms. The van der Waals surface area contributed by atoms with Crippen LogP contribution in [0.1, 0.15) is 28.8 Å². The Bertz CT molecular complexity index is 710.